The van der Waals surface area contributed by atoms with Crippen molar-refractivity contribution in [3.8, 4) is 11.5 Å². The summed E-state index contributed by atoms with van der Waals surface area (Å²) < 4.78 is 43.3. The highest BCUT2D eigenvalue weighted by molar-refractivity contribution is 5.82. The molecule has 200 valence electrons. The van der Waals surface area contributed by atoms with Crippen molar-refractivity contribution in [2.24, 2.45) is 0 Å². The lowest BCUT2D eigenvalue weighted by Crippen LogP contribution is -2.60. The number of imidazole rings is 1. The summed E-state index contributed by atoms with van der Waals surface area (Å²) in [6, 6.07) is 9.39. The molecular formula is C25H27F3N8O2. The molecule has 1 saturated heterocycles. The molecule has 3 aromatic heterocycles. The molecule has 0 saturated carbocycles. The smallest absolute Gasteiger partial charge is 0.339 e. The molecule has 1 aliphatic heterocycles. The van der Waals surface area contributed by atoms with E-state index in [1.165, 1.54) is 4.90 Å². The molecule has 1 fully saturated rings. The number of aromatic amines is 1. The van der Waals surface area contributed by atoms with E-state index in [0.29, 0.717) is 36.6 Å². The average Bonchev–Trinajstić information content (AvgIpc) is 3.44. The van der Waals surface area contributed by atoms with Gasteiger partial charge >= 0.3 is 6.18 Å². The lowest BCUT2D eigenvalue weighted by atomic mass is 9.97. The normalized spacial score (nSPS) is 16.2. The maximum Gasteiger partial charge on any atom is 0.397 e. The van der Waals surface area contributed by atoms with Gasteiger partial charge in [-0.15, -0.1) is 0 Å². The van der Waals surface area contributed by atoms with Gasteiger partial charge in [0.1, 0.15) is 12.2 Å². The topological polar surface area (TPSA) is 116 Å². The standard InChI is InChI=1S/C25H27F3N8O2/c1-15-30-22(38-34-15)17-4-5-18-19(11-17)32-23(31-18)33-20-10-16(6-7-29-20)13-36-9-8-35(14-24(36,2)3)21(37)12-25(26,27)28/h4-7,10-11H,8-9,12-14H2,1-3H3,(H2,29,31,32,33). The molecule has 1 amide bonds. The fraction of sp³-hybridized carbons (Fsp3) is 0.400. The third kappa shape index (κ3) is 5.77. The van der Waals surface area contributed by atoms with Gasteiger partial charge in [0, 0.05) is 43.5 Å². The minimum absolute atomic E-state index is 0.224. The molecule has 0 radical (unpaired) electrons. The molecule has 38 heavy (non-hydrogen) atoms. The number of anilines is 2. The molecule has 4 heterocycles. The number of nitrogens with one attached hydrogen (secondary N) is 2. The van der Waals surface area contributed by atoms with E-state index >= 15 is 0 Å². The van der Waals surface area contributed by atoms with Crippen LogP contribution in [0.25, 0.3) is 22.5 Å². The van der Waals surface area contributed by atoms with E-state index in [1.807, 2.05) is 44.2 Å². The Labute approximate surface area is 216 Å². The van der Waals surface area contributed by atoms with Gasteiger partial charge in [-0.2, -0.15) is 18.2 Å². The second-order valence-corrected chi connectivity index (χ2v) is 9.98. The Balaban J connectivity index is 1.25. The van der Waals surface area contributed by atoms with Gasteiger partial charge in [0.05, 0.1) is 11.0 Å². The van der Waals surface area contributed by atoms with Gasteiger partial charge in [-0.1, -0.05) is 5.16 Å². The molecule has 0 unspecified atom stereocenters. The number of aryl methyl sites for hydroxylation is 1. The first kappa shape index (κ1) is 25.6. The summed E-state index contributed by atoms with van der Waals surface area (Å²) in [7, 11) is 0. The van der Waals surface area contributed by atoms with Crippen LogP contribution in [0.1, 0.15) is 31.7 Å². The molecular weight excluding hydrogens is 501 g/mol. The highest BCUT2D eigenvalue weighted by Gasteiger charge is 2.39. The van der Waals surface area contributed by atoms with Crippen LogP contribution in [0.2, 0.25) is 0 Å². The average molecular weight is 529 g/mol. The van der Waals surface area contributed by atoms with Crippen molar-refractivity contribution in [1.82, 2.24) is 34.9 Å². The molecule has 0 bridgehead atoms. The Morgan fingerprint density at radius 3 is 2.71 bits per heavy atom. The summed E-state index contributed by atoms with van der Waals surface area (Å²) in [4.78, 5) is 32.0. The van der Waals surface area contributed by atoms with Gasteiger partial charge in [0.15, 0.2) is 5.82 Å². The maximum absolute atomic E-state index is 12.7. The highest BCUT2D eigenvalue weighted by Crippen LogP contribution is 2.28. The van der Waals surface area contributed by atoms with Gasteiger partial charge in [0.25, 0.3) is 5.89 Å². The van der Waals surface area contributed by atoms with Crippen LogP contribution < -0.4 is 5.32 Å². The Morgan fingerprint density at radius 2 is 2.00 bits per heavy atom. The van der Waals surface area contributed by atoms with Crippen molar-refractivity contribution >= 4 is 28.7 Å². The molecule has 1 aliphatic rings. The Bertz CT molecular complexity index is 1460. The van der Waals surface area contributed by atoms with E-state index in [-0.39, 0.29) is 13.1 Å². The zero-order valence-corrected chi connectivity index (χ0v) is 21.1. The van der Waals surface area contributed by atoms with Gasteiger partial charge in [-0.3, -0.25) is 9.69 Å². The number of alkyl halides is 3. The van der Waals surface area contributed by atoms with Crippen LogP contribution in [0.3, 0.4) is 0 Å². The lowest BCUT2D eigenvalue weighted by Gasteiger charge is -2.47. The number of hydrogen-bond acceptors (Lipinski definition) is 8. The Kier molecular flexibility index (Phi) is 6.55. The number of piperazine rings is 1. The molecule has 0 spiro atoms. The first-order valence-corrected chi connectivity index (χ1v) is 12.1. The fourth-order valence-corrected chi connectivity index (χ4v) is 4.58. The van der Waals surface area contributed by atoms with Crippen LogP contribution in [-0.4, -0.2) is 72.1 Å². The Hall–Kier alpha value is -4.00. The number of halogens is 3. The van der Waals surface area contributed by atoms with Crippen LogP contribution in [0.4, 0.5) is 24.9 Å². The third-order valence-electron chi connectivity index (χ3n) is 6.48. The summed E-state index contributed by atoms with van der Waals surface area (Å²) in [5, 5.41) is 7.01. The number of benzene rings is 1. The van der Waals surface area contributed by atoms with Crippen LogP contribution >= 0.6 is 0 Å². The van der Waals surface area contributed by atoms with E-state index < -0.39 is 24.0 Å². The minimum atomic E-state index is -4.51. The number of hydrogen-bond donors (Lipinski definition) is 2. The Morgan fingerprint density at radius 1 is 1.18 bits per heavy atom. The molecule has 2 N–H and O–H groups in total. The first-order chi connectivity index (χ1) is 17.9. The summed E-state index contributed by atoms with van der Waals surface area (Å²) >= 11 is 0. The number of nitrogens with zero attached hydrogens (tertiary/aromatic N) is 6. The van der Waals surface area contributed by atoms with Gasteiger partial charge < -0.3 is 19.7 Å². The number of pyridine rings is 1. The van der Waals surface area contributed by atoms with E-state index in [4.69, 9.17) is 4.52 Å². The fourth-order valence-electron chi connectivity index (χ4n) is 4.58. The van der Waals surface area contributed by atoms with Crippen LogP contribution in [0, 0.1) is 6.92 Å². The number of carbonyl (C=O) groups is 1. The summed E-state index contributed by atoms with van der Waals surface area (Å²) in [6.45, 7) is 7.11. The SMILES string of the molecule is Cc1noc(-c2ccc3nc(Nc4cc(CN5CCN(C(=O)CC(F)(F)F)CC5(C)C)ccn4)[nH]c3c2)n1. The maximum atomic E-state index is 12.7. The van der Waals surface area contributed by atoms with Gasteiger partial charge in [0.2, 0.25) is 11.9 Å². The molecule has 0 atom stereocenters. The zero-order chi connectivity index (χ0) is 27.1. The molecule has 0 aliphatic carbocycles. The zero-order valence-electron chi connectivity index (χ0n) is 21.1. The first-order valence-electron chi connectivity index (χ1n) is 12.1. The minimum Gasteiger partial charge on any atom is -0.339 e. The van der Waals surface area contributed by atoms with E-state index in [1.54, 1.807) is 13.1 Å². The number of amides is 1. The number of H-pyrrole nitrogens is 1. The van der Waals surface area contributed by atoms with Crippen molar-refractivity contribution in [3.63, 3.8) is 0 Å². The largest absolute Gasteiger partial charge is 0.397 e. The van der Waals surface area contributed by atoms with Crippen molar-refractivity contribution in [2.75, 3.05) is 25.0 Å². The second-order valence-electron chi connectivity index (χ2n) is 9.98. The number of fused-ring (bicyclic) bond motifs is 1. The van der Waals surface area contributed by atoms with Crippen LogP contribution in [0.15, 0.2) is 41.1 Å². The van der Waals surface area contributed by atoms with Gasteiger partial charge in [-0.05, 0) is 56.7 Å². The van der Waals surface area contributed by atoms with Crippen molar-refractivity contribution in [3.05, 3.63) is 47.9 Å². The summed E-state index contributed by atoms with van der Waals surface area (Å²) in [5.74, 6) is 1.20. The molecule has 5 rings (SSSR count). The summed E-state index contributed by atoms with van der Waals surface area (Å²) in [6.07, 6.45) is -4.25. The lowest BCUT2D eigenvalue weighted by molar-refractivity contribution is -0.164. The molecule has 1 aromatic carbocycles. The number of carbonyl (C=O) groups excluding carboxylic acids is 1. The van der Waals surface area contributed by atoms with E-state index in [0.717, 1.165) is 22.2 Å². The monoisotopic (exact) mass is 528 g/mol. The second kappa shape index (κ2) is 9.71. The predicted octanol–water partition coefficient (Wildman–Crippen LogP) is 4.44. The predicted molar refractivity (Wildman–Crippen MR) is 133 cm³/mol. The van der Waals surface area contributed by atoms with Crippen LogP contribution in [-0.2, 0) is 11.3 Å². The highest BCUT2D eigenvalue weighted by atomic mass is 19.4. The number of aromatic nitrogens is 5. The summed E-state index contributed by atoms with van der Waals surface area (Å²) in [5.41, 5.74) is 2.79. The van der Waals surface area contributed by atoms with E-state index in [9.17, 15) is 18.0 Å². The van der Waals surface area contributed by atoms with E-state index in [2.05, 4.69) is 35.3 Å². The van der Waals surface area contributed by atoms with Crippen molar-refractivity contribution in [1.29, 1.82) is 0 Å². The van der Waals surface area contributed by atoms with Crippen LogP contribution in [0.5, 0.6) is 0 Å². The quantitative estimate of drug-likeness (QED) is 0.378. The molecule has 13 heteroatoms. The number of rotatable bonds is 6. The third-order valence-corrected chi connectivity index (χ3v) is 6.48. The van der Waals surface area contributed by atoms with Crippen molar-refractivity contribution in [2.45, 2.75) is 45.5 Å². The van der Waals surface area contributed by atoms with Gasteiger partial charge in [-0.25, -0.2) is 9.97 Å². The molecule has 10 nitrogen and oxygen atoms in total. The van der Waals surface area contributed by atoms with Crippen molar-refractivity contribution < 1.29 is 22.5 Å². The molecule has 4 aromatic rings.